The molecule has 1 saturated heterocycles. The summed E-state index contributed by atoms with van der Waals surface area (Å²) in [6.45, 7) is 11.5. The first-order chi connectivity index (χ1) is 8.04. The minimum Gasteiger partial charge on any atom is -0.326 e. The second-order valence-corrected chi connectivity index (χ2v) is 5.49. The first-order valence-corrected chi connectivity index (χ1v) is 6.91. The van der Waals surface area contributed by atoms with Crippen LogP contribution in [0.25, 0.3) is 0 Å². The van der Waals surface area contributed by atoms with Gasteiger partial charge in [0.05, 0.1) is 0 Å². The van der Waals surface area contributed by atoms with Gasteiger partial charge in [-0.15, -0.1) is 0 Å². The van der Waals surface area contributed by atoms with Gasteiger partial charge in [0.1, 0.15) is 0 Å². The lowest BCUT2D eigenvalue weighted by Gasteiger charge is -2.40. The van der Waals surface area contributed by atoms with Gasteiger partial charge in [0, 0.05) is 51.4 Å². The standard InChI is InChI=1S/C13H30N4/c1-5-13(14)12(2)17-10-8-16(9-11-17)7-6-15(3)4/h12-13H,5-11,14H2,1-4H3. The summed E-state index contributed by atoms with van der Waals surface area (Å²) in [4.78, 5) is 7.35. The smallest absolute Gasteiger partial charge is 0.0219 e. The summed E-state index contributed by atoms with van der Waals surface area (Å²) in [5, 5.41) is 0. The first-order valence-electron chi connectivity index (χ1n) is 6.91. The molecule has 0 amide bonds. The van der Waals surface area contributed by atoms with Crippen molar-refractivity contribution < 1.29 is 0 Å². The van der Waals surface area contributed by atoms with E-state index in [9.17, 15) is 0 Å². The van der Waals surface area contributed by atoms with Crippen molar-refractivity contribution in [3.63, 3.8) is 0 Å². The van der Waals surface area contributed by atoms with E-state index in [2.05, 4.69) is 42.6 Å². The topological polar surface area (TPSA) is 35.7 Å². The van der Waals surface area contributed by atoms with E-state index in [4.69, 9.17) is 5.73 Å². The molecule has 1 rings (SSSR count). The van der Waals surface area contributed by atoms with Gasteiger partial charge >= 0.3 is 0 Å². The summed E-state index contributed by atoms with van der Waals surface area (Å²) in [5.41, 5.74) is 6.12. The van der Waals surface area contributed by atoms with Crippen LogP contribution in [-0.4, -0.2) is 80.1 Å². The average molecular weight is 242 g/mol. The molecule has 0 bridgehead atoms. The number of hydrogen-bond donors (Lipinski definition) is 1. The minimum atomic E-state index is 0.323. The molecule has 17 heavy (non-hydrogen) atoms. The number of nitrogens with zero attached hydrogens (tertiary/aromatic N) is 3. The lowest BCUT2D eigenvalue weighted by molar-refractivity contribution is 0.0873. The molecular weight excluding hydrogens is 212 g/mol. The summed E-state index contributed by atoms with van der Waals surface area (Å²) in [6, 6.07) is 0.847. The van der Waals surface area contributed by atoms with E-state index in [1.54, 1.807) is 0 Å². The first kappa shape index (κ1) is 14.9. The Hall–Kier alpha value is -0.160. The Morgan fingerprint density at radius 3 is 2.24 bits per heavy atom. The average Bonchev–Trinajstić information content (AvgIpc) is 2.35. The van der Waals surface area contributed by atoms with Crippen LogP contribution in [0.3, 0.4) is 0 Å². The highest BCUT2D eigenvalue weighted by atomic mass is 15.3. The number of piperazine rings is 1. The van der Waals surface area contributed by atoms with Gasteiger partial charge in [-0.1, -0.05) is 6.92 Å². The molecular formula is C13H30N4. The van der Waals surface area contributed by atoms with Crippen molar-refractivity contribution in [1.82, 2.24) is 14.7 Å². The maximum atomic E-state index is 6.12. The minimum absolute atomic E-state index is 0.323. The molecule has 2 N–H and O–H groups in total. The molecule has 2 atom stereocenters. The highest BCUT2D eigenvalue weighted by Crippen LogP contribution is 2.09. The number of rotatable bonds is 6. The van der Waals surface area contributed by atoms with E-state index in [0.717, 1.165) is 13.0 Å². The maximum absolute atomic E-state index is 6.12. The van der Waals surface area contributed by atoms with Crippen molar-refractivity contribution >= 4 is 0 Å². The largest absolute Gasteiger partial charge is 0.326 e. The molecule has 0 radical (unpaired) electrons. The maximum Gasteiger partial charge on any atom is 0.0219 e. The molecule has 4 heteroatoms. The van der Waals surface area contributed by atoms with E-state index in [1.165, 1.54) is 32.7 Å². The lowest BCUT2D eigenvalue weighted by Crippen LogP contribution is -2.54. The molecule has 1 heterocycles. The second kappa shape index (κ2) is 7.31. The fourth-order valence-electron chi connectivity index (χ4n) is 2.35. The summed E-state index contributed by atoms with van der Waals surface area (Å²) in [7, 11) is 4.27. The molecule has 0 aromatic carbocycles. The zero-order chi connectivity index (χ0) is 12.8. The third kappa shape index (κ3) is 4.92. The highest BCUT2D eigenvalue weighted by Gasteiger charge is 2.23. The Kier molecular flexibility index (Phi) is 6.41. The molecule has 0 aromatic heterocycles. The Balaban J connectivity index is 2.25. The Bertz CT molecular complexity index is 200. The zero-order valence-corrected chi connectivity index (χ0v) is 12.0. The molecule has 0 aromatic rings. The van der Waals surface area contributed by atoms with Crippen LogP contribution in [0.2, 0.25) is 0 Å². The monoisotopic (exact) mass is 242 g/mol. The predicted octanol–water partition coefficient (Wildman–Crippen LogP) is 0.291. The summed E-state index contributed by atoms with van der Waals surface area (Å²) >= 11 is 0. The molecule has 1 fully saturated rings. The van der Waals surface area contributed by atoms with Gasteiger partial charge in [0.2, 0.25) is 0 Å². The molecule has 1 aliphatic rings. The van der Waals surface area contributed by atoms with E-state index in [0.29, 0.717) is 12.1 Å². The van der Waals surface area contributed by atoms with Crippen molar-refractivity contribution in [2.45, 2.75) is 32.4 Å². The van der Waals surface area contributed by atoms with Gasteiger partial charge in [0.15, 0.2) is 0 Å². The van der Waals surface area contributed by atoms with Crippen molar-refractivity contribution in [3.8, 4) is 0 Å². The summed E-state index contributed by atoms with van der Waals surface area (Å²) in [6.07, 6.45) is 1.07. The van der Waals surface area contributed by atoms with E-state index < -0.39 is 0 Å². The van der Waals surface area contributed by atoms with Crippen LogP contribution in [0.5, 0.6) is 0 Å². The highest BCUT2D eigenvalue weighted by molar-refractivity contribution is 4.82. The van der Waals surface area contributed by atoms with Crippen molar-refractivity contribution in [1.29, 1.82) is 0 Å². The normalized spacial score (nSPS) is 22.9. The third-order valence-electron chi connectivity index (χ3n) is 3.94. The van der Waals surface area contributed by atoms with Crippen LogP contribution in [-0.2, 0) is 0 Å². The zero-order valence-electron chi connectivity index (χ0n) is 12.0. The van der Waals surface area contributed by atoms with Crippen molar-refractivity contribution in [2.24, 2.45) is 5.73 Å². The van der Waals surface area contributed by atoms with Crippen LogP contribution in [0, 0.1) is 0 Å². The van der Waals surface area contributed by atoms with Crippen LogP contribution in [0.4, 0.5) is 0 Å². The fourth-order valence-corrected chi connectivity index (χ4v) is 2.35. The summed E-state index contributed by atoms with van der Waals surface area (Å²) < 4.78 is 0. The molecule has 0 aliphatic carbocycles. The fraction of sp³-hybridized carbons (Fsp3) is 1.00. The summed E-state index contributed by atoms with van der Waals surface area (Å²) in [5.74, 6) is 0. The van der Waals surface area contributed by atoms with E-state index in [-0.39, 0.29) is 0 Å². The Morgan fingerprint density at radius 1 is 1.18 bits per heavy atom. The number of likely N-dealkylation sites (N-methyl/N-ethyl adjacent to an activating group) is 1. The van der Waals surface area contributed by atoms with Gasteiger partial charge in [-0.25, -0.2) is 0 Å². The number of nitrogens with two attached hydrogens (primary N) is 1. The van der Waals surface area contributed by atoms with Gasteiger partial charge in [-0.3, -0.25) is 9.80 Å². The molecule has 2 unspecified atom stereocenters. The van der Waals surface area contributed by atoms with Crippen LogP contribution >= 0.6 is 0 Å². The van der Waals surface area contributed by atoms with Gasteiger partial charge in [0.25, 0.3) is 0 Å². The van der Waals surface area contributed by atoms with Crippen LogP contribution < -0.4 is 5.73 Å². The molecule has 102 valence electrons. The predicted molar refractivity (Wildman–Crippen MR) is 74.3 cm³/mol. The third-order valence-corrected chi connectivity index (χ3v) is 3.94. The molecule has 0 saturated carbocycles. The van der Waals surface area contributed by atoms with Crippen molar-refractivity contribution in [3.05, 3.63) is 0 Å². The van der Waals surface area contributed by atoms with E-state index >= 15 is 0 Å². The Morgan fingerprint density at radius 2 is 1.76 bits per heavy atom. The number of hydrogen-bond acceptors (Lipinski definition) is 4. The van der Waals surface area contributed by atoms with Crippen LogP contribution in [0.1, 0.15) is 20.3 Å². The SMILES string of the molecule is CCC(N)C(C)N1CCN(CCN(C)C)CC1. The van der Waals surface area contributed by atoms with Gasteiger partial charge in [-0.05, 0) is 27.4 Å². The quantitative estimate of drug-likeness (QED) is 0.726. The van der Waals surface area contributed by atoms with Gasteiger partial charge < -0.3 is 10.6 Å². The Labute approximate surface area is 107 Å². The van der Waals surface area contributed by atoms with Crippen LogP contribution in [0.15, 0.2) is 0 Å². The molecule has 1 aliphatic heterocycles. The lowest BCUT2D eigenvalue weighted by atomic mass is 10.1. The molecule has 0 spiro atoms. The van der Waals surface area contributed by atoms with E-state index in [1.807, 2.05) is 0 Å². The van der Waals surface area contributed by atoms with Crippen molar-refractivity contribution in [2.75, 3.05) is 53.4 Å². The second-order valence-electron chi connectivity index (χ2n) is 5.49. The van der Waals surface area contributed by atoms with Gasteiger partial charge in [-0.2, -0.15) is 0 Å². The molecule has 4 nitrogen and oxygen atoms in total.